The number of benzene rings is 1. The molecular formula is C17H26ClNO2. The Balaban J connectivity index is 0. The fraction of sp³-hybridized carbons (Fsp3) is 0.412. The molecule has 0 unspecified atom stereocenters. The zero-order chi connectivity index (χ0) is 15.3. The lowest BCUT2D eigenvalue weighted by Crippen LogP contribution is -3.00. The maximum absolute atomic E-state index is 9.56. The molecule has 118 valence electrons. The van der Waals surface area contributed by atoms with Gasteiger partial charge in [-0.3, -0.25) is 0 Å². The Morgan fingerprint density at radius 1 is 1.05 bits per heavy atom. The highest BCUT2D eigenvalue weighted by atomic mass is 35.5. The third-order valence-electron chi connectivity index (χ3n) is 2.72. The minimum absolute atomic E-state index is 0. The van der Waals surface area contributed by atoms with Crippen molar-refractivity contribution in [3.05, 3.63) is 48.6 Å². The number of carbonyl (C=O) groups is 2. The van der Waals surface area contributed by atoms with Crippen molar-refractivity contribution < 1.29 is 26.5 Å². The monoisotopic (exact) mass is 311 g/mol. The van der Waals surface area contributed by atoms with Crippen molar-refractivity contribution in [3.8, 4) is 0 Å². The van der Waals surface area contributed by atoms with Crippen LogP contribution < -0.4 is 12.4 Å². The third-order valence-corrected chi connectivity index (χ3v) is 2.72. The summed E-state index contributed by atoms with van der Waals surface area (Å²) < 4.78 is 0.966. The molecule has 1 aromatic carbocycles. The average molecular weight is 312 g/mol. The molecule has 0 radical (unpaired) electrons. The van der Waals surface area contributed by atoms with Crippen LogP contribution in [-0.4, -0.2) is 37.7 Å². The third kappa shape index (κ3) is 13.3. The van der Waals surface area contributed by atoms with Gasteiger partial charge in [0.15, 0.2) is 0 Å². The molecule has 0 bridgehead atoms. The van der Waals surface area contributed by atoms with Gasteiger partial charge in [0.2, 0.25) is 0 Å². The molecule has 0 aliphatic carbocycles. The van der Waals surface area contributed by atoms with Crippen LogP contribution in [0.5, 0.6) is 0 Å². The predicted molar refractivity (Wildman–Crippen MR) is 83.3 cm³/mol. The summed E-state index contributed by atoms with van der Waals surface area (Å²) in [5.74, 6) is 0. The molecule has 3 nitrogen and oxygen atoms in total. The fourth-order valence-corrected chi connectivity index (χ4v) is 1.78. The lowest BCUT2D eigenvalue weighted by molar-refractivity contribution is -0.897. The standard InChI is InChI=1S/C12H18N.C5H8O2.ClH/c1-4-10-13(2,3)11-12-8-6-5-7-9-12;6-4-2-1-3-5-7;/h4-9H,1,10-11H2,2-3H3;4-5H,1-3H2;1H/q+1;;/p-1. The maximum atomic E-state index is 9.56. The minimum Gasteiger partial charge on any atom is -1.00 e. The van der Waals surface area contributed by atoms with Gasteiger partial charge in [-0.15, -0.1) is 0 Å². The van der Waals surface area contributed by atoms with Crippen LogP contribution in [-0.2, 0) is 16.1 Å². The van der Waals surface area contributed by atoms with Crippen molar-refractivity contribution in [3.63, 3.8) is 0 Å². The van der Waals surface area contributed by atoms with Gasteiger partial charge in [-0.25, -0.2) is 0 Å². The van der Waals surface area contributed by atoms with Gasteiger partial charge in [0.1, 0.15) is 19.1 Å². The van der Waals surface area contributed by atoms with Crippen LogP contribution in [0.4, 0.5) is 0 Å². The molecule has 0 fully saturated rings. The molecule has 0 heterocycles. The van der Waals surface area contributed by atoms with Crippen molar-refractivity contribution in [1.82, 2.24) is 0 Å². The van der Waals surface area contributed by atoms with Crippen LogP contribution in [0.15, 0.2) is 43.0 Å². The van der Waals surface area contributed by atoms with Gasteiger partial charge >= 0.3 is 0 Å². The summed E-state index contributed by atoms with van der Waals surface area (Å²) in [4.78, 5) is 19.1. The molecule has 4 heteroatoms. The van der Waals surface area contributed by atoms with E-state index >= 15 is 0 Å². The summed E-state index contributed by atoms with van der Waals surface area (Å²) >= 11 is 0. The Morgan fingerprint density at radius 3 is 2.00 bits per heavy atom. The molecule has 1 rings (SSSR count). The molecule has 0 saturated carbocycles. The number of unbranched alkanes of at least 4 members (excludes halogenated alkanes) is 2. The van der Waals surface area contributed by atoms with Crippen LogP contribution in [0, 0.1) is 0 Å². The number of aldehydes is 2. The maximum Gasteiger partial charge on any atom is 0.120 e. The Bertz CT molecular complexity index is 383. The Hall–Kier alpha value is -1.45. The highest BCUT2D eigenvalue weighted by Gasteiger charge is 2.12. The van der Waals surface area contributed by atoms with E-state index in [0.717, 1.165) is 30.1 Å². The topological polar surface area (TPSA) is 34.1 Å². The number of likely N-dealkylation sites (N-methyl/N-ethyl adjacent to an activating group) is 1. The number of rotatable bonds is 8. The molecule has 0 N–H and O–H groups in total. The van der Waals surface area contributed by atoms with Gasteiger partial charge in [-0.1, -0.05) is 36.9 Å². The first-order chi connectivity index (χ1) is 9.55. The van der Waals surface area contributed by atoms with Crippen molar-refractivity contribution in [1.29, 1.82) is 0 Å². The van der Waals surface area contributed by atoms with Crippen LogP contribution in [0.25, 0.3) is 0 Å². The number of hydrogen-bond acceptors (Lipinski definition) is 2. The molecule has 21 heavy (non-hydrogen) atoms. The van der Waals surface area contributed by atoms with E-state index in [4.69, 9.17) is 0 Å². The number of carbonyl (C=O) groups excluding carboxylic acids is 2. The molecule has 1 aromatic rings. The lowest BCUT2D eigenvalue weighted by Gasteiger charge is -2.28. The van der Waals surface area contributed by atoms with Gasteiger partial charge in [-0.2, -0.15) is 0 Å². The van der Waals surface area contributed by atoms with Crippen molar-refractivity contribution in [2.45, 2.75) is 25.8 Å². The van der Waals surface area contributed by atoms with E-state index in [1.165, 1.54) is 5.56 Å². The molecule has 0 aliphatic rings. The van der Waals surface area contributed by atoms with E-state index in [2.05, 4.69) is 51.0 Å². The Kier molecular flexibility index (Phi) is 14.1. The largest absolute Gasteiger partial charge is 1.00 e. The molecule has 0 aliphatic heterocycles. The molecule has 0 amide bonds. The number of halogens is 1. The zero-order valence-electron chi connectivity index (χ0n) is 13.0. The molecule has 0 saturated heterocycles. The first-order valence-corrected chi connectivity index (χ1v) is 6.90. The summed E-state index contributed by atoms with van der Waals surface area (Å²) in [6.07, 6.45) is 5.35. The van der Waals surface area contributed by atoms with E-state index in [0.29, 0.717) is 19.3 Å². The van der Waals surface area contributed by atoms with Gasteiger partial charge < -0.3 is 26.5 Å². The minimum atomic E-state index is 0. The second-order valence-corrected chi connectivity index (χ2v) is 5.31. The average Bonchev–Trinajstić information content (AvgIpc) is 2.40. The van der Waals surface area contributed by atoms with E-state index in [9.17, 15) is 9.59 Å². The van der Waals surface area contributed by atoms with Crippen molar-refractivity contribution in [2.24, 2.45) is 0 Å². The summed E-state index contributed by atoms with van der Waals surface area (Å²) in [6, 6.07) is 10.6. The number of nitrogens with zero attached hydrogens (tertiary/aromatic N) is 1. The number of quaternary nitrogens is 1. The zero-order valence-corrected chi connectivity index (χ0v) is 13.8. The van der Waals surface area contributed by atoms with Crippen molar-refractivity contribution in [2.75, 3.05) is 20.6 Å². The van der Waals surface area contributed by atoms with E-state index in [-0.39, 0.29) is 12.4 Å². The number of hydrogen-bond donors (Lipinski definition) is 0. The quantitative estimate of drug-likeness (QED) is 0.293. The Labute approximate surface area is 134 Å². The Morgan fingerprint density at radius 2 is 1.57 bits per heavy atom. The predicted octanol–water partition coefficient (Wildman–Crippen LogP) is 0.00750. The van der Waals surface area contributed by atoms with Crippen molar-refractivity contribution >= 4 is 12.6 Å². The molecular weight excluding hydrogens is 286 g/mol. The second-order valence-electron chi connectivity index (χ2n) is 5.31. The van der Waals surface area contributed by atoms with Crippen LogP contribution in [0.1, 0.15) is 24.8 Å². The highest BCUT2D eigenvalue weighted by molar-refractivity contribution is 5.52. The summed E-state index contributed by atoms with van der Waals surface area (Å²) in [7, 11) is 4.43. The first-order valence-electron chi connectivity index (χ1n) is 6.90. The van der Waals surface area contributed by atoms with Gasteiger partial charge in [0.25, 0.3) is 0 Å². The van der Waals surface area contributed by atoms with E-state index in [1.807, 2.05) is 6.08 Å². The summed E-state index contributed by atoms with van der Waals surface area (Å²) in [5, 5.41) is 0. The van der Waals surface area contributed by atoms with Gasteiger partial charge in [-0.05, 0) is 12.5 Å². The molecule has 0 atom stereocenters. The smallest absolute Gasteiger partial charge is 0.120 e. The van der Waals surface area contributed by atoms with E-state index in [1.54, 1.807) is 0 Å². The first kappa shape index (κ1) is 21.8. The van der Waals surface area contributed by atoms with Crippen LogP contribution in [0.2, 0.25) is 0 Å². The highest BCUT2D eigenvalue weighted by Crippen LogP contribution is 2.08. The van der Waals surface area contributed by atoms with E-state index < -0.39 is 0 Å². The van der Waals surface area contributed by atoms with Gasteiger partial charge in [0, 0.05) is 18.4 Å². The normalized spacial score (nSPS) is 9.62. The fourth-order valence-electron chi connectivity index (χ4n) is 1.78. The molecule has 0 spiro atoms. The SMILES string of the molecule is C=CC[N+](C)(C)Cc1ccccc1.O=CCCCC=O.[Cl-]. The lowest BCUT2D eigenvalue weighted by atomic mass is 10.2. The molecule has 0 aromatic heterocycles. The second kappa shape index (κ2) is 13.5. The summed E-state index contributed by atoms with van der Waals surface area (Å²) in [5.41, 5.74) is 1.38. The summed E-state index contributed by atoms with van der Waals surface area (Å²) in [6.45, 7) is 5.84. The van der Waals surface area contributed by atoms with Crippen LogP contribution >= 0.6 is 0 Å². The van der Waals surface area contributed by atoms with Crippen LogP contribution in [0.3, 0.4) is 0 Å². The van der Waals surface area contributed by atoms with Gasteiger partial charge in [0.05, 0.1) is 20.6 Å².